The second-order valence-electron chi connectivity index (χ2n) is 8.95. The number of anilines is 1. The summed E-state index contributed by atoms with van der Waals surface area (Å²) in [6.45, 7) is 5.35. The number of carbonyl (C=O) groups excluding carboxylic acids is 3. The van der Waals surface area contributed by atoms with Crippen LogP contribution in [0.3, 0.4) is 0 Å². The van der Waals surface area contributed by atoms with Crippen molar-refractivity contribution in [3.63, 3.8) is 0 Å². The Morgan fingerprint density at radius 3 is 2.50 bits per heavy atom. The first-order valence-electron chi connectivity index (χ1n) is 11.6. The Bertz CT molecular complexity index is 1020. The molecule has 1 N–H and O–H groups in total. The number of piperidine rings is 1. The number of nitrogens with one attached hydrogen (secondary N) is 1. The quantitative estimate of drug-likeness (QED) is 0.689. The first-order valence-corrected chi connectivity index (χ1v) is 11.6. The number of hydrogen-bond donors (Lipinski definition) is 1. The van der Waals surface area contributed by atoms with Crippen molar-refractivity contribution >= 4 is 23.5 Å². The Morgan fingerprint density at radius 1 is 1.09 bits per heavy atom. The van der Waals surface area contributed by atoms with Crippen molar-refractivity contribution in [2.45, 2.75) is 26.2 Å². The molecule has 2 aliphatic rings. The molecule has 9 nitrogen and oxygen atoms in total. The number of hydrogen-bond acceptors (Lipinski definition) is 6. The van der Waals surface area contributed by atoms with E-state index in [2.05, 4.69) is 10.5 Å². The van der Waals surface area contributed by atoms with Gasteiger partial charge in [-0.25, -0.2) is 4.39 Å². The topological polar surface area (TPSA) is 99.0 Å². The van der Waals surface area contributed by atoms with Crippen LogP contribution >= 0.6 is 0 Å². The monoisotopic (exact) mass is 471 g/mol. The van der Waals surface area contributed by atoms with Crippen LogP contribution in [0.2, 0.25) is 0 Å². The molecule has 182 valence electrons. The molecule has 3 heterocycles. The molecule has 1 aromatic heterocycles. The van der Waals surface area contributed by atoms with Gasteiger partial charge in [-0.3, -0.25) is 19.3 Å². The van der Waals surface area contributed by atoms with Gasteiger partial charge in [0.2, 0.25) is 17.7 Å². The molecule has 4 rings (SSSR count). The van der Waals surface area contributed by atoms with Crippen molar-refractivity contribution in [2.75, 3.05) is 51.1 Å². The molecule has 1 atom stereocenters. The summed E-state index contributed by atoms with van der Waals surface area (Å²) in [7, 11) is 0. The zero-order chi connectivity index (χ0) is 24.1. The predicted octanol–water partition coefficient (Wildman–Crippen LogP) is 1.69. The lowest BCUT2D eigenvalue weighted by Crippen LogP contribution is -2.54. The third kappa shape index (κ3) is 6.19. The highest BCUT2D eigenvalue weighted by Gasteiger charge is 2.32. The summed E-state index contributed by atoms with van der Waals surface area (Å²) >= 11 is 0. The average molecular weight is 472 g/mol. The third-order valence-electron chi connectivity index (χ3n) is 6.34. The van der Waals surface area contributed by atoms with Gasteiger partial charge in [0.25, 0.3) is 0 Å². The lowest BCUT2D eigenvalue weighted by Gasteiger charge is -2.38. The standard InChI is InChI=1S/C24H30FN5O4/c1-17-13-21(27-34-17)26-22(31)16-28-9-11-29(12-10-28)24(33)19-3-2-8-30(15-19)23(32)14-18-4-6-20(25)7-5-18/h4-7,13,19H,2-3,8-12,14-16H2,1H3,(H,26,27,31). The molecular formula is C24H30FN5O4. The normalized spacial score (nSPS) is 19.2. The van der Waals surface area contributed by atoms with Crippen LogP contribution in [0.1, 0.15) is 24.2 Å². The number of benzene rings is 1. The molecule has 10 heteroatoms. The Balaban J connectivity index is 1.22. The number of aryl methyl sites for hydroxylation is 1. The van der Waals surface area contributed by atoms with Gasteiger partial charge in [-0.15, -0.1) is 0 Å². The van der Waals surface area contributed by atoms with Crippen molar-refractivity contribution in [3.05, 3.63) is 47.5 Å². The molecule has 0 radical (unpaired) electrons. The van der Waals surface area contributed by atoms with Crippen LogP contribution < -0.4 is 5.32 Å². The Labute approximate surface area is 197 Å². The number of halogens is 1. The highest BCUT2D eigenvalue weighted by atomic mass is 19.1. The number of aromatic nitrogens is 1. The van der Waals surface area contributed by atoms with E-state index in [-0.39, 0.29) is 42.4 Å². The fourth-order valence-corrected chi connectivity index (χ4v) is 4.49. The molecule has 2 aromatic rings. The molecule has 0 bridgehead atoms. The summed E-state index contributed by atoms with van der Waals surface area (Å²) in [5, 5.41) is 6.47. The number of amides is 3. The highest BCUT2D eigenvalue weighted by molar-refractivity contribution is 5.91. The largest absolute Gasteiger partial charge is 0.360 e. The zero-order valence-electron chi connectivity index (χ0n) is 19.3. The smallest absolute Gasteiger partial charge is 0.239 e. The lowest BCUT2D eigenvalue weighted by atomic mass is 9.95. The Kier molecular flexibility index (Phi) is 7.56. The van der Waals surface area contributed by atoms with E-state index < -0.39 is 0 Å². The van der Waals surface area contributed by atoms with E-state index in [0.29, 0.717) is 50.8 Å². The Morgan fingerprint density at radius 2 is 1.82 bits per heavy atom. The van der Waals surface area contributed by atoms with Gasteiger partial charge in [0.15, 0.2) is 5.82 Å². The van der Waals surface area contributed by atoms with Gasteiger partial charge < -0.3 is 19.6 Å². The van der Waals surface area contributed by atoms with Gasteiger partial charge in [-0.2, -0.15) is 0 Å². The van der Waals surface area contributed by atoms with Crippen molar-refractivity contribution in [2.24, 2.45) is 5.92 Å². The molecule has 34 heavy (non-hydrogen) atoms. The molecule has 0 saturated carbocycles. The molecule has 1 unspecified atom stereocenters. The van der Waals surface area contributed by atoms with Crippen LogP contribution in [0.5, 0.6) is 0 Å². The number of piperazine rings is 1. The maximum Gasteiger partial charge on any atom is 0.239 e. The van der Waals surface area contributed by atoms with Crippen molar-refractivity contribution in [1.82, 2.24) is 19.9 Å². The molecule has 1 aromatic carbocycles. The van der Waals surface area contributed by atoms with Crippen LogP contribution in [0, 0.1) is 18.7 Å². The SMILES string of the molecule is Cc1cc(NC(=O)CN2CCN(C(=O)C3CCCN(C(=O)Cc4ccc(F)cc4)C3)CC2)no1. The molecule has 3 amide bonds. The summed E-state index contributed by atoms with van der Waals surface area (Å²) in [6.07, 6.45) is 1.75. The summed E-state index contributed by atoms with van der Waals surface area (Å²) in [5.74, 6) is 0.342. The van der Waals surface area contributed by atoms with E-state index in [9.17, 15) is 18.8 Å². The molecule has 0 aliphatic carbocycles. The zero-order valence-corrected chi connectivity index (χ0v) is 19.3. The van der Waals surface area contributed by atoms with Gasteiger partial charge in [-0.05, 0) is 37.5 Å². The van der Waals surface area contributed by atoms with Crippen molar-refractivity contribution in [3.8, 4) is 0 Å². The van der Waals surface area contributed by atoms with E-state index in [0.717, 1.165) is 18.4 Å². The number of nitrogens with zero attached hydrogens (tertiary/aromatic N) is 4. The van der Waals surface area contributed by atoms with Crippen molar-refractivity contribution in [1.29, 1.82) is 0 Å². The maximum absolute atomic E-state index is 13.1. The minimum absolute atomic E-state index is 0.0396. The summed E-state index contributed by atoms with van der Waals surface area (Å²) in [6, 6.07) is 7.60. The first-order chi connectivity index (χ1) is 16.4. The van der Waals surface area contributed by atoms with Crippen LogP contribution in [0.15, 0.2) is 34.9 Å². The second kappa shape index (κ2) is 10.8. The summed E-state index contributed by atoms with van der Waals surface area (Å²) < 4.78 is 18.1. The molecule has 2 fully saturated rings. The minimum atomic E-state index is -0.328. The van der Waals surface area contributed by atoms with Crippen LogP contribution in [-0.4, -0.2) is 83.4 Å². The van der Waals surface area contributed by atoms with E-state index in [1.807, 2.05) is 9.80 Å². The molecule has 0 spiro atoms. The number of carbonyl (C=O) groups is 3. The van der Waals surface area contributed by atoms with Crippen LogP contribution in [-0.2, 0) is 20.8 Å². The van der Waals surface area contributed by atoms with Crippen LogP contribution in [0.4, 0.5) is 10.2 Å². The number of rotatable bonds is 6. The summed E-state index contributed by atoms with van der Waals surface area (Å²) in [4.78, 5) is 43.7. The minimum Gasteiger partial charge on any atom is -0.360 e. The second-order valence-corrected chi connectivity index (χ2v) is 8.95. The van der Waals surface area contributed by atoms with Crippen molar-refractivity contribution < 1.29 is 23.3 Å². The molecule has 2 saturated heterocycles. The van der Waals surface area contributed by atoms with Crippen LogP contribution in [0.25, 0.3) is 0 Å². The predicted molar refractivity (Wildman–Crippen MR) is 122 cm³/mol. The molecule has 2 aliphatic heterocycles. The fraction of sp³-hybridized carbons (Fsp3) is 0.500. The Hall–Kier alpha value is -3.27. The third-order valence-corrected chi connectivity index (χ3v) is 6.34. The average Bonchev–Trinajstić information content (AvgIpc) is 3.24. The summed E-state index contributed by atoms with van der Waals surface area (Å²) in [5.41, 5.74) is 0.763. The van der Waals surface area contributed by atoms with Gasteiger partial charge in [0, 0.05) is 45.3 Å². The van der Waals surface area contributed by atoms with Gasteiger partial charge >= 0.3 is 0 Å². The number of likely N-dealkylation sites (tertiary alicyclic amines) is 1. The highest BCUT2D eigenvalue weighted by Crippen LogP contribution is 2.21. The fourth-order valence-electron chi connectivity index (χ4n) is 4.49. The van der Waals surface area contributed by atoms with Gasteiger partial charge in [-0.1, -0.05) is 17.3 Å². The van der Waals surface area contributed by atoms with Gasteiger partial charge in [0.1, 0.15) is 11.6 Å². The first kappa shape index (κ1) is 23.9. The maximum atomic E-state index is 13.1. The van der Waals surface area contributed by atoms with E-state index in [1.54, 1.807) is 30.0 Å². The van der Waals surface area contributed by atoms with E-state index >= 15 is 0 Å². The molecular weight excluding hydrogens is 441 g/mol. The van der Waals surface area contributed by atoms with Gasteiger partial charge in [0.05, 0.1) is 18.9 Å². The van der Waals surface area contributed by atoms with E-state index in [4.69, 9.17) is 4.52 Å². The lowest BCUT2D eigenvalue weighted by molar-refractivity contribution is -0.142. The van der Waals surface area contributed by atoms with E-state index in [1.165, 1.54) is 12.1 Å².